The topological polar surface area (TPSA) is 60.7 Å². The van der Waals surface area contributed by atoms with Crippen molar-refractivity contribution in [2.75, 3.05) is 13.2 Å². The Balaban J connectivity index is 2.57. The van der Waals surface area contributed by atoms with Gasteiger partial charge in [-0.15, -0.1) is 11.8 Å². The van der Waals surface area contributed by atoms with Gasteiger partial charge in [-0.25, -0.2) is 0 Å². The molecule has 0 aromatic carbocycles. The molecule has 1 saturated heterocycles. The molecule has 0 radical (unpaired) electrons. The zero-order chi connectivity index (χ0) is 8.48. The summed E-state index contributed by atoms with van der Waals surface area (Å²) in [6, 6.07) is 0. The van der Waals surface area contributed by atoms with Crippen LogP contribution in [0.2, 0.25) is 0 Å². The van der Waals surface area contributed by atoms with Gasteiger partial charge in [-0.2, -0.15) is 0 Å². The van der Waals surface area contributed by atoms with Gasteiger partial charge in [0.15, 0.2) is 0 Å². The summed E-state index contributed by atoms with van der Waals surface area (Å²) in [5.74, 6) is 0. The van der Waals surface area contributed by atoms with Gasteiger partial charge in [0.1, 0.15) is 5.60 Å². The van der Waals surface area contributed by atoms with E-state index in [0.29, 0.717) is 6.42 Å². The van der Waals surface area contributed by atoms with E-state index >= 15 is 0 Å². The van der Waals surface area contributed by atoms with Crippen LogP contribution in [0, 0.1) is 0 Å². The Hall–Kier alpha value is 0.230. The fraction of sp³-hybridized carbons (Fsp3) is 1.00. The molecule has 4 heteroatoms. The Morgan fingerprint density at radius 2 is 2.18 bits per heavy atom. The van der Waals surface area contributed by atoms with Gasteiger partial charge in [0.05, 0.1) is 13.2 Å². The van der Waals surface area contributed by atoms with Gasteiger partial charge in [0, 0.05) is 10.5 Å². The van der Waals surface area contributed by atoms with Gasteiger partial charge >= 0.3 is 0 Å². The first-order chi connectivity index (χ1) is 5.12. The predicted octanol–water partition coefficient (Wildman–Crippen LogP) is -0.404. The molecule has 0 aromatic heterocycles. The average molecular weight is 178 g/mol. The Kier molecular flexibility index (Phi) is 2.80. The Morgan fingerprint density at radius 3 is 2.45 bits per heavy atom. The van der Waals surface area contributed by atoms with Gasteiger partial charge in [-0.1, -0.05) is 6.92 Å². The second-order valence-corrected chi connectivity index (χ2v) is 4.69. The first kappa shape index (κ1) is 9.32. The molecule has 0 saturated carbocycles. The van der Waals surface area contributed by atoms with Crippen molar-refractivity contribution in [2.24, 2.45) is 0 Å². The van der Waals surface area contributed by atoms with Crippen LogP contribution < -0.4 is 0 Å². The van der Waals surface area contributed by atoms with Crippen molar-refractivity contribution in [3.8, 4) is 0 Å². The molecule has 0 spiro atoms. The lowest BCUT2D eigenvalue weighted by molar-refractivity contribution is -0.0145. The first-order valence-corrected chi connectivity index (χ1v) is 4.66. The number of rotatable bonds is 2. The van der Waals surface area contributed by atoms with Crippen LogP contribution >= 0.6 is 11.8 Å². The first-order valence-electron chi connectivity index (χ1n) is 3.72. The third-order valence-electron chi connectivity index (χ3n) is 2.21. The van der Waals surface area contributed by atoms with Gasteiger partial charge in [-0.3, -0.25) is 0 Å². The van der Waals surface area contributed by atoms with Crippen molar-refractivity contribution in [2.45, 2.75) is 29.4 Å². The number of aliphatic hydroxyl groups is 3. The molecule has 0 amide bonds. The zero-order valence-corrected chi connectivity index (χ0v) is 7.34. The van der Waals surface area contributed by atoms with E-state index in [1.54, 1.807) is 0 Å². The second kappa shape index (κ2) is 3.31. The third kappa shape index (κ3) is 1.69. The van der Waals surface area contributed by atoms with Crippen LogP contribution in [0.4, 0.5) is 0 Å². The summed E-state index contributed by atoms with van der Waals surface area (Å²) in [6.45, 7) is 1.74. The number of thioether (sulfide) groups is 1. The monoisotopic (exact) mass is 178 g/mol. The third-order valence-corrected chi connectivity index (χ3v) is 3.76. The van der Waals surface area contributed by atoms with Gasteiger partial charge in [0.2, 0.25) is 0 Å². The smallest absolute Gasteiger partial charge is 0.100 e. The molecule has 1 aliphatic rings. The Morgan fingerprint density at radius 1 is 1.55 bits per heavy atom. The van der Waals surface area contributed by atoms with Crippen LogP contribution in [-0.2, 0) is 0 Å². The minimum Gasteiger partial charge on any atom is -0.395 e. The van der Waals surface area contributed by atoms with Crippen LogP contribution in [0.3, 0.4) is 0 Å². The Bertz CT molecular complexity index is 142. The molecule has 3 atom stereocenters. The second-order valence-electron chi connectivity index (χ2n) is 3.05. The lowest BCUT2D eigenvalue weighted by Gasteiger charge is -2.23. The molecule has 0 unspecified atom stereocenters. The lowest BCUT2D eigenvalue weighted by Crippen LogP contribution is -2.38. The quantitative estimate of drug-likeness (QED) is 0.538. The van der Waals surface area contributed by atoms with E-state index in [1.807, 2.05) is 6.92 Å². The molecule has 3 nitrogen and oxygen atoms in total. The van der Waals surface area contributed by atoms with Crippen LogP contribution in [0.1, 0.15) is 13.3 Å². The van der Waals surface area contributed by atoms with Crippen LogP contribution in [0.15, 0.2) is 0 Å². The summed E-state index contributed by atoms with van der Waals surface area (Å²) in [5, 5.41) is 27.5. The Labute approximate surface area is 70.4 Å². The van der Waals surface area contributed by atoms with Crippen molar-refractivity contribution in [3.05, 3.63) is 0 Å². The van der Waals surface area contributed by atoms with Crippen molar-refractivity contribution in [3.63, 3.8) is 0 Å². The fourth-order valence-corrected chi connectivity index (χ4v) is 2.80. The summed E-state index contributed by atoms with van der Waals surface area (Å²) < 4.78 is 0. The van der Waals surface area contributed by atoms with E-state index in [1.165, 1.54) is 11.8 Å². The van der Waals surface area contributed by atoms with Crippen molar-refractivity contribution >= 4 is 11.8 Å². The van der Waals surface area contributed by atoms with Gasteiger partial charge < -0.3 is 15.3 Å². The predicted molar refractivity (Wildman–Crippen MR) is 44.6 cm³/mol. The molecular formula is C7H14O3S. The molecular weight excluding hydrogens is 164 g/mol. The minimum atomic E-state index is -0.974. The van der Waals surface area contributed by atoms with Crippen molar-refractivity contribution in [1.82, 2.24) is 0 Å². The van der Waals surface area contributed by atoms with E-state index in [9.17, 15) is 5.11 Å². The molecule has 0 aliphatic carbocycles. The van der Waals surface area contributed by atoms with E-state index in [0.717, 1.165) is 0 Å². The molecule has 1 aliphatic heterocycles. The lowest BCUT2D eigenvalue weighted by atomic mass is 9.96. The van der Waals surface area contributed by atoms with Crippen LogP contribution in [0.5, 0.6) is 0 Å². The van der Waals surface area contributed by atoms with E-state index < -0.39 is 5.60 Å². The van der Waals surface area contributed by atoms with E-state index in [-0.39, 0.29) is 23.7 Å². The van der Waals surface area contributed by atoms with E-state index in [4.69, 9.17) is 10.2 Å². The highest BCUT2D eigenvalue weighted by atomic mass is 32.2. The molecule has 3 N–H and O–H groups in total. The average Bonchev–Trinajstić information content (AvgIpc) is 2.29. The maximum absolute atomic E-state index is 9.69. The molecule has 1 heterocycles. The minimum absolute atomic E-state index is 0.0182. The summed E-state index contributed by atoms with van der Waals surface area (Å²) in [6.07, 6.45) is 0.492. The molecule has 1 fully saturated rings. The largest absolute Gasteiger partial charge is 0.395 e. The standard InChI is InChI=1S/C7H14O3S/c1-5-7(10,4-9)2-6(3-8)11-5/h5-6,8-10H,2-4H2,1H3/t5-,6-,7-/m0/s1. The molecule has 66 valence electrons. The summed E-state index contributed by atoms with van der Waals surface area (Å²) in [4.78, 5) is 0. The SMILES string of the molecule is C[C@@H]1S[C@H](CO)C[C@]1(O)CO. The van der Waals surface area contributed by atoms with Crippen molar-refractivity contribution < 1.29 is 15.3 Å². The maximum Gasteiger partial charge on any atom is 0.100 e. The van der Waals surface area contributed by atoms with Crippen LogP contribution in [0.25, 0.3) is 0 Å². The van der Waals surface area contributed by atoms with E-state index in [2.05, 4.69) is 0 Å². The van der Waals surface area contributed by atoms with Crippen molar-refractivity contribution in [1.29, 1.82) is 0 Å². The summed E-state index contributed by atoms with van der Waals surface area (Å²) >= 11 is 1.54. The molecule has 11 heavy (non-hydrogen) atoms. The fourth-order valence-electron chi connectivity index (χ4n) is 1.32. The highest BCUT2D eigenvalue weighted by Crippen LogP contribution is 2.40. The van der Waals surface area contributed by atoms with Gasteiger partial charge in [-0.05, 0) is 6.42 Å². The summed E-state index contributed by atoms with van der Waals surface area (Å²) in [5.41, 5.74) is -0.974. The molecule has 0 bridgehead atoms. The zero-order valence-electron chi connectivity index (χ0n) is 6.53. The normalized spacial score (nSPS) is 44.7. The maximum atomic E-state index is 9.69. The summed E-state index contributed by atoms with van der Waals surface area (Å²) in [7, 11) is 0. The number of hydrogen-bond donors (Lipinski definition) is 3. The molecule has 1 rings (SSSR count). The van der Waals surface area contributed by atoms with Crippen LogP contribution in [-0.4, -0.2) is 44.6 Å². The number of hydrogen-bond acceptors (Lipinski definition) is 4. The number of aliphatic hydroxyl groups excluding tert-OH is 2. The highest BCUT2D eigenvalue weighted by Gasteiger charge is 2.43. The highest BCUT2D eigenvalue weighted by molar-refractivity contribution is 8.00. The van der Waals surface area contributed by atoms with Gasteiger partial charge in [0.25, 0.3) is 0 Å². The molecule has 0 aromatic rings.